The first-order valence-corrected chi connectivity index (χ1v) is 5.75. The van der Waals surface area contributed by atoms with Crippen molar-refractivity contribution < 1.29 is 14.6 Å². The predicted molar refractivity (Wildman–Crippen MR) is 62.1 cm³/mol. The second-order valence-corrected chi connectivity index (χ2v) is 3.60. The van der Waals surface area contributed by atoms with Gasteiger partial charge in [-0.15, -0.1) is 0 Å². The van der Waals surface area contributed by atoms with Gasteiger partial charge < -0.3 is 19.1 Å². The van der Waals surface area contributed by atoms with Gasteiger partial charge in [-0.3, -0.25) is 0 Å². The molecule has 0 saturated heterocycles. The summed E-state index contributed by atoms with van der Waals surface area (Å²) < 4.78 is 12.9. The molecule has 1 aromatic heterocycles. The van der Waals surface area contributed by atoms with Gasteiger partial charge in [0, 0.05) is 25.1 Å². The number of hydrogen-bond acceptors (Lipinski definition) is 3. The van der Waals surface area contributed by atoms with Gasteiger partial charge in [-0.2, -0.15) is 0 Å². The Morgan fingerprint density at radius 3 is 2.44 bits per heavy atom. The maximum Gasteiger partial charge on any atom is 0.175 e. The summed E-state index contributed by atoms with van der Waals surface area (Å²) in [5.74, 6) is 0. The highest BCUT2D eigenvalue weighted by molar-refractivity contribution is 5.09. The molecule has 0 aliphatic rings. The molecule has 0 saturated carbocycles. The topological polar surface area (TPSA) is 43.6 Å². The van der Waals surface area contributed by atoms with Crippen LogP contribution >= 0.6 is 0 Å². The minimum absolute atomic E-state index is 0.250. The standard InChI is InChI=1S/C12H21NO3/c1-4-15-12(16-5-2)9-13-8-6-7-11(13)10(3)14/h6-8,10,12,14H,4-5,9H2,1-3H3. The normalized spacial score (nSPS) is 13.3. The third kappa shape index (κ3) is 3.63. The third-order valence-electron chi connectivity index (χ3n) is 2.34. The van der Waals surface area contributed by atoms with Crippen molar-refractivity contribution in [1.82, 2.24) is 4.57 Å². The van der Waals surface area contributed by atoms with E-state index in [4.69, 9.17) is 9.47 Å². The number of rotatable bonds is 7. The van der Waals surface area contributed by atoms with E-state index in [-0.39, 0.29) is 6.29 Å². The maximum absolute atomic E-state index is 9.56. The van der Waals surface area contributed by atoms with Crippen LogP contribution in [0.2, 0.25) is 0 Å². The second-order valence-electron chi connectivity index (χ2n) is 3.60. The van der Waals surface area contributed by atoms with Gasteiger partial charge in [-0.1, -0.05) is 0 Å². The number of ether oxygens (including phenoxy) is 2. The summed E-state index contributed by atoms with van der Waals surface area (Å²) in [6.45, 7) is 7.48. The summed E-state index contributed by atoms with van der Waals surface area (Å²) >= 11 is 0. The van der Waals surface area contributed by atoms with E-state index in [9.17, 15) is 5.11 Å². The minimum Gasteiger partial charge on any atom is -0.387 e. The lowest BCUT2D eigenvalue weighted by atomic mass is 10.3. The van der Waals surface area contributed by atoms with Gasteiger partial charge in [0.25, 0.3) is 0 Å². The van der Waals surface area contributed by atoms with E-state index in [0.29, 0.717) is 19.8 Å². The predicted octanol–water partition coefficient (Wildman–Crippen LogP) is 1.94. The molecule has 1 atom stereocenters. The molecular weight excluding hydrogens is 206 g/mol. The lowest BCUT2D eigenvalue weighted by Crippen LogP contribution is -2.24. The zero-order valence-corrected chi connectivity index (χ0v) is 10.2. The average molecular weight is 227 g/mol. The van der Waals surface area contributed by atoms with E-state index >= 15 is 0 Å². The van der Waals surface area contributed by atoms with Crippen LogP contribution in [0.4, 0.5) is 0 Å². The Morgan fingerprint density at radius 1 is 1.31 bits per heavy atom. The first-order valence-electron chi connectivity index (χ1n) is 5.75. The van der Waals surface area contributed by atoms with Gasteiger partial charge in [-0.05, 0) is 32.9 Å². The summed E-state index contributed by atoms with van der Waals surface area (Å²) in [5.41, 5.74) is 0.879. The second kappa shape index (κ2) is 6.68. The monoisotopic (exact) mass is 227 g/mol. The van der Waals surface area contributed by atoms with Crippen LogP contribution in [0.5, 0.6) is 0 Å². The first kappa shape index (κ1) is 13.2. The molecule has 0 amide bonds. The summed E-state index contributed by atoms with van der Waals surface area (Å²) in [4.78, 5) is 0. The lowest BCUT2D eigenvalue weighted by Gasteiger charge is -2.19. The van der Waals surface area contributed by atoms with Crippen molar-refractivity contribution in [2.24, 2.45) is 0 Å². The molecule has 1 rings (SSSR count). The zero-order chi connectivity index (χ0) is 12.0. The molecule has 0 aromatic carbocycles. The van der Waals surface area contributed by atoms with Crippen molar-refractivity contribution in [3.05, 3.63) is 24.0 Å². The molecule has 0 spiro atoms. The first-order chi connectivity index (χ1) is 7.69. The number of nitrogens with zero attached hydrogens (tertiary/aromatic N) is 1. The van der Waals surface area contributed by atoms with Gasteiger partial charge in [0.2, 0.25) is 0 Å². The Bertz CT molecular complexity index is 290. The quantitative estimate of drug-likeness (QED) is 0.724. The molecule has 0 aliphatic heterocycles. The summed E-state index contributed by atoms with van der Waals surface area (Å²) in [6.07, 6.45) is 1.20. The molecule has 0 bridgehead atoms. The molecule has 1 unspecified atom stereocenters. The van der Waals surface area contributed by atoms with E-state index in [1.165, 1.54) is 0 Å². The van der Waals surface area contributed by atoms with Gasteiger partial charge in [0.15, 0.2) is 6.29 Å². The van der Waals surface area contributed by atoms with Crippen molar-refractivity contribution in [3.63, 3.8) is 0 Å². The van der Waals surface area contributed by atoms with Crippen molar-refractivity contribution >= 4 is 0 Å². The molecule has 1 heterocycles. The van der Waals surface area contributed by atoms with Crippen molar-refractivity contribution in [2.75, 3.05) is 13.2 Å². The van der Waals surface area contributed by atoms with E-state index in [1.807, 2.05) is 36.7 Å². The van der Waals surface area contributed by atoms with Crippen molar-refractivity contribution in [2.45, 2.75) is 39.7 Å². The van der Waals surface area contributed by atoms with Crippen LogP contribution < -0.4 is 0 Å². The highest BCUT2D eigenvalue weighted by atomic mass is 16.7. The van der Waals surface area contributed by atoms with Crippen LogP contribution in [0, 0.1) is 0 Å². The Labute approximate surface area is 96.8 Å². The summed E-state index contributed by atoms with van der Waals surface area (Å²) in [6, 6.07) is 3.82. The molecule has 0 fully saturated rings. The average Bonchev–Trinajstić information content (AvgIpc) is 2.66. The molecule has 1 N–H and O–H groups in total. The number of aromatic nitrogens is 1. The molecule has 92 valence electrons. The Kier molecular flexibility index (Phi) is 5.52. The highest BCUT2D eigenvalue weighted by Crippen LogP contribution is 2.14. The Morgan fingerprint density at radius 2 is 1.94 bits per heavy atom. The molecule has 1 aromatic rings. The number of aliphatic hydroxyl groups is 1. The molecule has 0 aliphatic carbocycles. The lowest BCUT2D eigenvalue weighted by molar-refractivity contribution is -0.144. The van der Waals surface area contributed by atoms with Crippen LogP contribution in [0.3, 0.4) is 0 Å². The maximum atomic E-state index is 9.56. The largest absolute Gasteiger partial charge is 0.387 e. The molecule has 4 heteroatoms. The smallest absolute Gasteiger partial charge is 0.175 e. The fourth-order valence-electron chi connectivity index (χ4n) is 1.66. The van der Waals surface area contributed by atoms with Crippen LogP contribution in [0.15, 0.2) is 18.3 Å². The number of hydrogen-bond donors (Lipinski definition) is 1. The van der Waals surface area contributed by atoms with E-state index in [1.54, 1.807) is 6.92 Å². The van der Waals surface area contributed by atoms with Crippen LogP contribution in [0.25, 0.3) is 0 Å². The van der Waals surface area contributed by atoms with Crippen LogP contribution in [-0.4, -0.2) is 29.2 Å². The van der Waals surface area contributed by atoms with Crippen molar-refractivity contribution in [1.29, 1.82) is 0 Å². The SMILES string of the molecule is CCOC(Cn1cccc1C(C)O)OCC. The highest BCUT2D eigenvalue weighted by Gasteiger charge is 2.12. The Balaban J connectivity index is 2.64. The molecular formula is C12H21NO3. The van der Waals surface area contributed by atoms with Crippen LogP contribution in [0.1, 0.15) is 32.6 Å². The van der Waals surface area contributed by atoms with E-state index < -0.39 is 6.10 Å². The zero-order valence-electron chi connectivity index (χ0n) is 10.2. The van der Waals surface area contributed by atoms with E-state index in [0.717, 1.165) is 5.69 Å². The van der Waals surface area contributed by atoms with Crippen LogP contribution in [-0.2, 0) is 16.0 Å². The van der Waals surface area contributed by atoms with E-state index in [2.05, 4.69) is 0 Å². The summed E-state index contributed by atoms with van der Waals surface area (Å²) in [5, 5.41) is 9.56. The minimum atomic E-state index is -0.473. The van der Waals surface area contributed by atoms with Gasteiger partial charge in [0.1, 0.15) is 0 Å². The van der Waals surface area contributed by atoms with Gasteiger partial charge >= 0.3 is 0 Å². The fraction of sp³-hybridized carbons (Fsp3) is 0.667. The number of aliphatic hydroxyl groups excluding tert-OH is 1. The van der Waals surface area contributed by atoms with Gasteiger partial charge in [0.05, 0.1) is 12.6 Å². The third-order valence-corrected chi connectivity index (χ3v) is 2.34. The van der Waals surface area contributed by atoms with Crippen molar-refractivity contribution in [3.8, 4) is 0 Å². The molecule has 4 nitrogen and oxygen atoms in total. The van der Waals surface area contributed by atoms with Gasteiger partial charge in [-0.25, -0.2) is 0 Å². The Hall–Kier alpha value is -0.840. The molecule has 0 radical (unpaired) electrons. The summed E-state index contributed by atoms with van der Waals surface area (Å²) in [7, 11) is 0. The fourth-order valence-corrected chi connectivity index (χ4v) is 1.66. The molecule has 16 heavy (non-hydrogen) atoms.